The van der Waals surface area contributed by atoms with Crippen LogP contribution in [0.4, 0.5) is 11.4 Å². The summed E-state index contributed by atoms with van der Waals surface area (Å²) in [6.45, 7) is 6.06. The van der Waals surface area contributed by atoms with Gasteiger partial charge >= 0.3 is 0 Å². The van der Waals surface area contributed by atoms with Crippen molar-refractivity contribution in [3.05, 3.63) is 58.1 Å². The summed E-state index contributed by atoms with van der Waals surface area (Å²) < 4.78 is 0. The number of nitrogens with two attached hydrogens (primary N) is 2. The molecule has 0 atom stereocenters. The van der Waals surface area contributed by atoms with Gasteiger partial charge in [0.2, 0.25) is 0 Å². The zero-order valence-electron chi connectivity index (χ0n) is 11.5. The first kappa shape index (κ1) is 13.0. The van der Waals surface area contributed by atoms with Crippen molar-refractivity contribution >= 4 is 11.4 Å². The molecule has 0 aromatic heterocycles. The van der Waals surface area contributed by atoms with Crippen LogP contribution >= 0.6 is 0 Å². The minimum atomic E-state index is 0.695. The van der Waals surface area contributed by atoms with E-state index in [1.807, 2.05) is 45.0 Å². The maximum atomic E-state index is 6.05. The molecular formula is C17H18N2. The Balaban J connectivity index is 2.47. The minimum absolute atomic E-state index is 0.695. The lowest BCUT2D eigenvalue weighted by molar-refractivity contribution is 1.37. The number of benzene rings is 2. The molecule has 2 aromatic rings. The van der Waals surface area contributed by atoms with Gasteiger partial charge in [-0.1, -0.05) is 24.0 Å². The van der Waals surface area contributed by atoms with E-state index >= 15 is 0 Å². The second-order valence-electron chi connectivity index (χ2n) is 4.88. The molecule has 0 aliphatic carbocycles. The highest BCUT2D eigenvalue weighted by atomic mass is 14.6. The van der Waals surface area contributed by atoms with Crippen LogP contribution < -0.4 is 11.5 Å². The number of hydrogen-bond donors (Lipinski definition) is 2. The molecule has 96 valence electrons. The van der Waals surface area contributed by atoms with Crippen molar-refractivity contribution in [3.8, 4) is 11.8 Å². The van der Waals surface area contributed by atoms with Gasteiger partial charge in [0.25, 0.3) is 0 Å². The summed E-state index contributed by atoms with van der Waals surface area (Å²) in [4.78, 5) is 0. The van der Waals surface area contributed by atoms with E-state index in [0.717, 1.165) is 33.5 Å². The van der Waals surface area contributed by atoms with Gasteiger partial charge < -0.3 is 11.5 Å². The Hall–Kier alpha value is -2.40. The molecule has 0 heterocycles. The molecule has 0 bridgehead atoms. The molecule has 0 saturated heterocycles. The normalized spacial score (nSPS) is 9.84. The molecule has 2 rings (SSSR count). The highest BCUT2D eigenvalue weighted by Gasteiger charge is 2.01. The molecule has 0 radical (unpaired) electrons. The first-order chi connectivity index (χ1) is 8.97. The zero-order chi connectivity index (χ0) is 14.0. The molecule has 0 aliphatic heterocycles. The van der Waals surface area contributed by atoms with Crippen LogP contribution in [0.1, 0.15) is 27.8 Å². The Kier molecular flexibility index (Phi) is 3.48. The molecule has 2 aromatic carbocycles. The summed E-state index contributed by atoms with van der Waals surface area (Å²) in [7, 11) is 0. The second-order valence-corrected chi connectivity index (χ2v) is 4.88. The summed E-state index contributed by atoms with van der Waals surface area (Å²) in [5, 5.41) is 0. The summed E-state index contributed by atoms with van der Waals surface area (Å²) in [6.07, 6.45) is 0. The molecular weight excluding hydrogens is 232 g/mol. The number of rotatable bonds is 0. The van der Waals surface area contributed by atoms with Crippen LogP contribution in [0.2, 0.25) is 0 Å². The van der Waals surface area contributed by atoms with Crippen LogP contribution in [0, 0.1) is 32.6 Å². The average molecular weight is 250 g/mol. The van der Waals surface area contributed by atoms with Gasteiger partial charge in [0.1, 0.15) is 0 Å². The van der Waals surface area contributed by atoms with Gasteiger partial charge in [-0.2, -0.15) is 0 Å². The Morgan fingerprint density at radius 1 is 0.789 bits per heavy atom. The highest BCUT2D eigenvalue weighted by molar-refractivity contribution is 5.65. The van der Waals surface area contributed by atoms with Gasteiger partial charge in [-0.3, -0.25) is 0 Å². The molecule has 0 amide bonds. The van der Waals surface area contributed by atoms with Crippen molar-refractivity contribution in [1.29, 1.82) is 0 Å². The second kappa shape index (κ2) is 5.07. The summed E-state index contributed by atoms with van der Waals surface area (Å²) in [5.74, 6) is 6.23. The maximum Gasteiger partial charge on any atom is 0.0503 e. The third kappa shape index (κ3) is 2.89. The van der Waals surface area contributed by atoms with E-state index in [-0.39, 0.29) is 0 Å². The number of hydrogen-bond acceptors (Lipinski definition) is 2. The summed E-state index contributed by atoms with van der Waals surface area (Å²) in [5.41, 5.74) is 18.5. The van der Waals surface area contributed by atoms with Crippen LogP contribution in [0.3, 0.4) is 0 Å². The first-order valence-electron chi connectivity index (χ1n) is 6.22. The quantitative estimate of drug-likeness (QED) is 0.557. The SMILES string of the molecule is Cc1ccc(N)c(C#Cc2cc(C)cc(C)c2N)c1. The van der Waals surface area contributed by atoms with Crippen LogP contribution in [0.5, 0.6) is 0 Å². The molecule has 4 N–H and O–H groups in total. The minimum Gasteiger partial charge on any atom is -0.398 e. The van der Waals surface area contributed by atoms with Crippen LogP contribution in [-0.4, -0.2) is 0 Å². The third-order valence-electron chi connectivity index (χ3n) is 3.07. The van der Waals surface area contributed by atoms with E-state index in [1.165, 1.54) is 0 Å². The standard InChI is InChI=1S/C17H18N2/c1-11-4-7-16(18)14(9-11)5-6-15-10-12(2)8-13(3)17(15)19/h4,7-10H,18-19H2,1-3H3. The fraction of sp³-hybridized carbons (Fsp3) is 0.176. The van der Waals surface area contributed by atoms with Crippen molar-refractivity contribution in [2.24, 2.45) is 0 Å². The van der Waals surface area contributed by atoms with E-state index in [0.29, 0.717) is 5.69 Å². The maximum absolute atomic E-state index is 6.05. The third-order valence-corrected chi connectivity index (χ3v) is 3.07. The number of aryl methyl sites for hydroxylation is 3. The van der Waals surface area contributed by atoms with Crippen molar-refractivity contribution < 1.29 is 0 Å². The van der Waals surface area contributed by atoms with Crippen LogP contribution in [-0.2, 0) is 0 Å². The van der Waals surface area contributed by atoms with Crippen LogP contribution in [0.15, 0.2) is 30.3 Å². The van der Waals surface area contributed by atoms with E-state index in [2.05, 4.69) is 17.9 Å². The molecule has 0 fully saturated rings. The lowest BCUT2D eigenvalue weighted by Crippen LogP contribution is -1.95. The van der Waals surface area contributed by atoms with Crippen molar-refractivity contribution in [2.45, 2.75) is 20.8 Å². The number of nitrogen functional groups attached to an aromatic ring is 2. The zero-order valence-corrected chi connectivity index (χ0v) is 11.5. The molecule has 0 spiro atoms. The van der Waals surface area contributed by atoms with E-state index < -0.39 is 0 Å². The summed E-state index contributed by atoms with van der Waals surface area (Å²) >= 11 is 0. The largest absolute Gasteiger partial charge is 0.398 e. The van der Waals surface area contributed by atoms with Gasteiger partial charge in [-0.15, -0.1) is 0 Å². The average Bonchev–Trinajstić information content (AvgIpc) is 2.35. The molecule has 19 heavy (non-hydrogen) atoms. The van der Waals surface area contributed by atoms with E-state index in [1.54, 1.807) is 0 Å². The molecule has 2 heteroatoms. The van der Waals surface area contributed by atoms with Crippen molar-refractivity contribution in [2.75, 3.05) is 11.5 Å². The Morgan fingerprint density at radius 2 is 1.42 bits per heavy atom. The first-order valence-corrected chi connectivity index (χ1v) is 6.22. The predicted octanol–water partition coefficient (Wildman–Crippen LogP) is 3.18. The summed E-state index contributed by atoms with van der Waals surface area (Å²) in [6, 6.07) is 9.90. The van der Waals surface area contributed by atoms with E-state index in [9.17, 15) is 0 Å². The molecule has 0 unspecified atom stereocenters. The van der Waals surface area contributed by atoms with Crippen LogP contribution in [0.25, 0.3) is 0 Å². The monoisotopic (exact) mass is 250 g/mol. The Labute approximate surface area is 114 Å². The number of anilines is 2. The lowest BCUT2D eigenvalue weighted by Gasteiger charge is -2.05. The van der Waals surface area contributed by atoms with Gasteiger partial charge in [0.15, 0.2) is 0 Å². The van der Waals surface area contributed by atoms with Gasteiger partial charge in [0, 0.05) is 16.8 Å². The van der Waals surface area contributed by atoms with Gasteiger partial charge in [-0.05, 0) is 55.7 Å². The van der Waals surface area contributed by atoms with Gasteiger partial charge in [0.05, 0.1) is 5.69 Å². The predicted molar refractivity (Wildman–Crippen MR) is 81.9 cm³/mol. The fourth-order valence-corrected chi connectivity index (χ4v) is 2.00. The lowest BCUT2D eigenvalue weighted by atomic mass is 10.0. The van der Waals surface area contributed by atoms with Crippen molar-refractivity contribution in [3.63, 3.8) is 0 Å². The smallest absolute Gasteiger partial charge is 0.0503 e. The molecule has 0 saturated carbocycles. The fourth-order valence-electron chi connectivity index (χ4n) is 2.00. The molecule has 2 nitrogen and oxygen atoms in total. The van der Waals surface area contributed by atoms with E-state index in [4.69, 9.17) is 11.5 Å². The van der Waals surface area contributed by atoms with Crippen molar-refractivity contribution in [1.82, 2.24) is 0 Å². The Morgan fingerprint density at radius 3 is 2.16 bits per heavy atom. The topological polar surface area (TPSA) is 52.0 Å². The highest BCUT2D eigenvalue weighted by Crippen LogP contribution is 2.19. The molecule has 0 aliphatic rings. The Bertz CT molecular complexity index is 688. The van der Waals surface area contributed by atoms with Gasteiger partial charge in [-0.25, -0.2) is 0 Å².